The summed E-state index contributed by atoms with van der Waals surface area (Å²) in [6, 6.07) is 23.6. The average molecular weight is 943 g/mol. The first kappa shape index (κ1) is 50.5. The van der Waals surface area contributed by atoms with Gasteiger partial charge in [-0.25, -0.2) is 9.97 Å². The van der Waals surface area contributed by atoms with E-state index in [1.165, 1.54) is 104 Å². The zero-order valence-electron chi connectivity index (χ0n) is 36.5. The van der Waals surface area contributed by atoms with Crippen LogP contribution in [0.25, 0.3) is 22.1 Å². The summed E-state index contributed by atoms with van der Waals surface area (Å²) in [5.41, 5.74) is 2.18. The molecule has 6 aromatic heterocycles. The van der Waals surface area contributed by atoms with Gasteiger partial charge < -0.3 is 9.80 Å². The van der Waals surface area contributed by atoms with Crippen LogP contribution in [-0.2, 0) is 32.3 Å². The van der Waals surface area contributed by atoms with Gasteiger partial charge in [0.15, 0.2) is 0 Å². The highest BCUT2D eigenvalue weighted by Crippen LogP contribution is 2.39. The van der Waals surface area contributed by atoms with Crippen LogP contribution in [0.2, 0.25) is 0 Å². The summed E-state index contributed by atoms with van der Waals surface area (Å²) in [7, 11) is 0. The summed E-state index contributed by atoms with van der Waals surface area (Å²) in [6.07, 6.45) is 14.9. The van der Waals surface area contributed by atoms with Gasteiger partial charge in [0.1, 0.15) is 11.3 Å². The van der Waals surface area contributed by atoms with E-state index in [4.69, 9.17) is 19.2 Å². The number of rotatable bonds is 17. The van der Waals surface area contributed by atoms with Crippen molar-refractivity contribution in [3.8, 4) is 0 Å². The molecule has 0 saturated carbocycles. The monoisotopic (exact) mass is 942 g/mol. The Morgan fingerprint density at radius 2 is 1.12 bits per heavy atom. The van der Waals surface area contributed by atoms with Gasteiger partial charge in [0.25, 0.3) is 11.1 Å². The lowest BCUT2D eigenvalue weighted by molar-refractivity contribution is -0.193. The number of carbonyl (C=O) groups excluding carboxylic acids is 4. The minimum Gasteiger partial charge on any atom is -0.302 e. The molecule has 12 nitrogen and oxygen atoms in total. The number of likely N-dealkylation sites (tertiary alicyclic amines) is 2. The molecule has 64 heavy (non-hydrogen) atoms. The zero-order valence-corrected chi connectivity index (χ0v) is 39.8. The zero-order chi connectivity index (χ0) is 45.4. The molecule has 0 spiro atoms. The van der Waals surface area contributed by atoms with Crippen LogP contribution in [0.5, 0.6) is 0 Å². The van der Waals surface area contributed by atoms with Gasteiger partial charge in [-0.2, -0.15) is 19.2 Å². The molecule has 0 aliphatic carbocycles. The van der Waals surface area contributed by atoms with Crippen LogP contribution in [0, 0.1) is 11.3 Å². The molecule has 2 fully saturated rings. The number of nitrogens with zero attached hydrogens (tertiary/aromatic N) is 6. The van der Waals surface area contributed by atoms with E-state index in [1.807, 2.05) is 91.7 Å². The van der Waals surface area contributed by atoms with Crippen molar-refractivity contribution < 1.29 is 19.2 Å². The second-order valence-electron chi connectivity index (χ2n) is 15.9. The molecule has 8 heterocycles. The van der Waals surface area contributed by atoms with Gasteiger partial charge in [0.05, 0.1) is 8.42 Å². The predicted octanol–water partition coefficient (Wildman–Crippen LogP) is 9.10. The number of thioether (sulfide) groups is 2. The molecule has 0 atom stereocenters. The van der Waals surface area contributed by atoms with E-state index in [9.17, 15) is 9.59 Å². The van der Waals surface area contributed by atoms with Crippen molar-refractivity contribution in [3.05, 3.63) is 117 Å². The lowest BCUT2D eigenvalue weighted by Gasteiger charge is -2.41. The van der Waals surface area contributed by atoms with Crippen molar-refractivity contribution in [2.45, 2.75) is 86.2 Å². The van der Waals surface area contributed by atoms with Gasteiger partial charge in [-0.3, -0.25) is 18.7 Å². The third-order valence-corrected chi connectivity index (χ3v) is 16.5. The number of pyridine rings is 4. The minimum atomic E-state index is 0.0595. The van der Waals surface area contributed by atoms with Crippen LogP contribution >= 0.6 is 46.2 Å². The number of aromatic nitrogens is 4. The Balaban J connectivity index is 0.000000215. The van der Waals surface area contributed by atoms with E-state index in [-0.39, 0.29) is 23.4 Å². The predicted molar refractivity (Wildman–Crippen MR) is 258 cm³/mol. The fourth-order valence-electron chi connectivity index (χ4n) is 8.60. The molecule has 340 valence electrons. The minimum absolute atomic E-state index is 0.0595. The maximum Gasteiger partial charge on any atom is 0.373 e. The van der Waals surface area contributed by atoms with Crippen molar-refractivity contribution in [1.29, 1.82) is 0 Å². The van der Waals surface area contributed by atoms with Crippen LogP contribution in [0.4, 0.5) is 0 Å². The second-order valence-corrected chi connectivity index (χ2v) is 20.6. The normalized spacial score (nSPS) is 15.1. The molecule has 0 aromatic carbocycles. The Morgan fingerprint density at radius 1 is 0.641 bits per heavy atom. The van der Waals surface area contributed by atoms with Gasteiger partial charge in [-0.1, -0.05) is 25.5 Å². The topological polar surface area (TPSA) is 145 Å². The lowest BCUT2D eigenvalue weighted by Crippen LogP contribution is -2.41. The summed E-state index contributed by atoms with van der Waals surface area (Å²) >= 11 is 7.62. The van der Waals surface area contributed by atoms with E-state index in [0.29, 0.717) is 5.41 Å². The van der Waals surface area contributed by atoms with E-state index in [0.717, 1.165) is 53.9 Å². The summed E-state index contributed by atoms with van der Waals surface area (Å²) in [4.78, 5) is 71.3. The SMILES string of the molecule is CCC1(CCCn2c(=O)ccc3cccnc32)CCN(CCSc2cccs2)CC1.O=C=O.O=C=O.O=c1ccc2cccnc2n1CCCC1CCN(CCSc2cccs2)CC1. The molecular weight excluding hydrogens is 885 g/mol. The third-order valence-electron chi connectivity index (χ3n) is 12.2. The maximum absolute atomic E-state index is 12.4. The quantitative estimate of drug-likeness (QED) is 0.0805. The van der Waals surface area contributed by atoms with Crippen LogP contribution in [0.15, 0.2) is 114 Å². The van der Waals surface area contributed by atoms with Crippen LogP contribution in [-0.4, -0.2) is 92.0 Å². The highest BCUT2D eigenvalue weighted by Gasteiger charge is 2.32. The number of hydrogen-bond donors (Lipinski definition) is 0. The lowest BCUT2D eigenvalue weighted by atomic mass is 9.73. The van der Waals surface area contributed by atoms with Crippen molar-refractivity contribution in [2.24, 2.45) is 11.3 Å². The van der Waals surface area contributed by atoms with Crippen LogP contribution in [0.3, 0.4) is 0 Å². The first-order valence-electron chi connectivity index (χ1n) is 22.0. The number of aryl methyl sites for hydroxylation is 2. The molecule has 0 bridgehead atoms. The van der Waals surface area contributed by atoms with E-state index < -0.39 is 0 Å². The molecule has 16 heteroatoms. The highest BCUT2D eigenvalue weighted by molar-refractivity contribution is 8.01. The Morgan fingerprint density at radius 3 is 1.59 bits per heavy atom. The second kappa shape index (κ2) is 27.7. The van der Waals surface area contributed by atoms with Gasteiger partial charge in [-0.05, 0) is 148 Å². The smallest absolute Gasteiger partial charge is 0.302 e. The Bertz CT molecular complexity index is 2440. The van der Waals surface area contributed by atoms with Gasteiger partial charge in [0, 0.05) is 73.0 Å². The van der Waals surface area contributed by atoms with Crippen LogP contribution in [0.1, 0.15) is 64.7 Å². The molecule has 6 aromatic rings. The number of thiophene rings is 2. The molecule has 0 radical (unpaired) electrons. The van der Waals surface area contributed by atoms with Gasteiger partial charge in [0.2, 0.25) is 0 Å². The summed E-state index contributed by atoms with van der Waals surface area (Å²) in [5.74, 6) is 3.15. The molecule has 2 saturated heterocycles. The van der Waals surface area contributed by atoms with E-state index in [1.54, 1.807) is 24.5 Å². The summed E-state index contributed by atoms with van der Waals surface area (Å²) in [6.45, 7) is 11.1. The Labute approximate surface area is 391 Å². The van der Waals surface area contributed by atoms with Gasteiger partial charge >= 0.3 is 12.3 Å². The van der Waals surface area contributed by atoms with Crippen molar-refractivity contribution in [1.82, 2.24) is 28.9 Å². The molecule has 0 unspecified atom stereocenters. The summed E-state index contributed by atoms with van der Waals surface area (Å²) < 4.78 is 6.54. The Hall–Kier alpha value is -4.50. The molecule has 2 aliphatic rings. The standard InChI is InChI=1S/C24H31N3OS2.C22H27N3OS2.2CO2/c1-2-24(11-15-26(16-12-24)17-19-30-22-7-4-18-29-22)10-5-14-27-21(28)9-8-20-6-3-13-25-23(20)27;26-20-8-7-19-5-1-11-23-22(19)25(20)12-2-4-18-9-13-24(14-10-18)15-17-28-21-6-3-16-27-21;2*2-1-3/h3-4,6-9,13,18H,2,5,10-12,14-17,19H2,1H3;1,3,5-8,11,16,18H,2,4,9-10,12-15,17H2;;. The molecule has 8 rings (SSSR count). The Kier molecular flexibility index (Phi) is 21.9. The van der Waals surface area contributed by atoms with Crippen molar-refractivity contribution >= 4 is 80.6 Å². The molecular formula is C48H58N6O6S4. The third kappa shape index (κ3) is 15.9. The van der Waals surface area contributed by atoms with Crippen molar-refractivity contribution in [3.63, 3.8) is 0 Å². The molecule has 0 amide bonds. The molecule has 0 N–H and O–H groups in total. The number of hydrogen-bond acceptors (Lipinski definition) is 14. The van der Waals surface area contributed by atoms with E-state index >= 15 is 0 Å². The molecule has 2 aliphatic heterocycles. The largest absolute Gasteiger partial charge is 0.373 e. The van der Waals surface area contributed by atoms with Gasteiger partial charge in [-0.15, -0.1) is 46.2 Å². The van der Waals surface area contributed by atoms with E-state index in [2.05, 4.69) is 61.7 Å². The fourth-order valence-corrected chi connectivity index (χ4v) is 12.3. The first-order chi connectivity index (χ1) is 31.3. The average Bonchev–Trinajstić information content (AvgIpc) is 4.05. The first-order valence-corrected chi connectivity index (χ1v) is 25.7. The fraction of sp³-hybridized carbons (Fsp3) is 0.458. The number of fused-ring (bicyclic) bond motifs is 2. The number of piperidine rings is 2. The maximum atomic E-state index is 12.4. The van der Waals surface area contributed by atoms with Crippen LogP contribution < -0.4 is 11.1 Å². The highest BCUT2D eigenvalue weighted by atomic mass is 32.2. The summed E-state index contributed by atoms with van der Waals surface area (Å²) in [5, 5.41) is 6.38. The van der Waals surface area contributed by atoms with Crippen molar-refractivity contribution in [2.75, 3.05) is 50.8 Å².